The molecule has 0 bridgehead atoms. The number of halogens is 1. The molecule has 64 valence electrons. The fourth-order valence-electron chi connectivity index (χ4n) is 1.65. The van der Waals surface area contributed by atoms with E-state index in [4.69, 9.17) is 11.6 Å². The van der Waals surface area contributed by atoms with Gasteiger partial charge in [0.1, 0.15) is 0 Å². The highest BCUT2D eigenvalue weighted by Gasteiger charge is 2.20. The van der Waals surface area contributed by atoms with E-state index in [0.29, 0.717) is 11.1 Å². The molecule has 2 atom stereocenters. The Balaban J connectivity index is 2.13. The quantitative estimate of drug-likeness (QED) is 0.692. The van der Waals surface area contributed by atoms with E-state index in [1.807, 2.05) is 0 Å². The molecule has 1 aliphatic carbocycles. The molecule has 0 aromatic heterocycles. The molecular formula is C9H16ClN. The summed E-state index contributed by atoms with van der Waals surface area (Å²) in [6, 6.07) is 0.681. The molecule has 1 aliphatic rings. The molecule has 2 heteroatoms. The lowest BCUT2D eigenvalue weighted by molar-refractivity contribution is 0.525. The first-order valence-corrected chi connectivity index (χ1v) is 4.63. The zero-order valence-corrected chi connectivity index (χ0v) is 7.82. The number of hydrogen-bond donors (Lipinski definition) is 1. The van der Waals surface area contributed by atoms with Gasteiger partial charge in [0.25, 0.3) is 0 Å². The van der Waals surface area contributed by atoms with E-state index in [2.05, 4.69) is 18.8 Å². The van der Waals surface area contributed by atoms with Crippen LogP contribution in [0.1, 0.15) is 26.2 Å². The van der Waals surface area contributed by atoms with Gasteiger partial charge in [-0.2, -0.15) is 0 Å². The minimum Gasteiger partial charge on any atom is -0.309 e. The van der Waals surface area contributed by atoms with Crippen molar-refractivity contribution in [1.82, 2.24) is 5.32 Å². The average molecular weight is 174 g/mol. The van der Waals surface area contributed by atoms with E-state index < -0.39 is 0 Å². The maximum Gasteiger partial charge on any atom is 0.0310 e. The van der Waals surface area contributed by atoms with E-state index >= 15 is 0 Å². The molecule has 1 fully saturated rings. The summed E-state index contributed by atoms with van der Waals surface area (Å²) in [4.78, 5) is 0. The Bertz CT molecular complexity index is 144. The van der Waals surface area contributed by atoms with Crippen LogP contribution < -0.4 is 5.32 Å². The van der Waals surface area contributed by atoms with Crippen molar-refractivity contribution in [1.29, 1.82) is 0 Å². The van der Waals surface area contributed by atoms with Crippen LogP contribution in [0.2, 0.25) is 0 Å². The molecule has 0 aromatic carbocycles. The second kappa shape index (κ2) is 4.13. The average Bonchev–Trinajstić information content (AvgIpc) is 2.31. The van der Waals surface area contributed by atoms with Gasteiger partial charge >= 0.3 is 0 Å². The van der Waals surface area contributed by atoms with Crippen molar-refractivity contribution in [3.63, 3.8) is 0 Å². The van der Waals surface area contributed by atoms with Crippen molar-refractivity contribution in [3.05, 3.63) is 11.6 Å². The normalized spacial score (nSPS) is 30.7. The highest BCUT2D eigenvalue weighted by molar-refractivity contribution is 6.29. The van der Waals surface area contributed by atoms with E-state index in [0.717, 1.165) is 12.5 Å². The van der Waals surface area contributed by atoms with Crippen LogP contribution in [0, 0.1) is 5.92 Å². The zero-order valence-electron chi connectivity index (χ0n) is 7.07. The van der Waals surface area contributed by atoms with Gasteiger partial charge < -0.3 is 5.32 Å². The van der Waals surface area contributed by atoms with Crippen molar-refractivity contribution in [2.75, 3.05) is 6.54 Å². The lowest BCUT2D eigenvalue weighted by Crippen LogP contribution is -2.27. The predicted octanol–water partition coefficient (Wildman–Crippen LogP) is 2.52. The minimum atomic E-state index is 0.681. The highest BCUT2D eigenvalue weighted by Crippen LogP contribution is 2.24. The van der Waals surface area contributed by atoms with Gasteiger partial charge in [-0.3, -0.25) is 0 Å². The molecule has 0 heterocycles. The molecule has 0 saturated heterocycles. The molecule has 1 N–H and O–H groups in total. The predicted molar refractivity (Wildman–Crippen MR) is 49.8 cm³/mol. The van der Waals surface area contributed by atoms with Gasteiger partial charge in [-0.1, -0.05) is 25.1 Å². The molecule has 1 nitrogen and oxygen atoms in total. The standard InChI is InChI=1S/C9H16ClN/c1-7-3-4-9(5-7)11-6-8(2)10/h7,9,11H,2-6H2,1H3. The summed E-state index contributed by atoms with van der Waals surface area (Å²) in [7, 11) is 0. The van der Waals surface area contributed by atoms with Crippen LogP contribution in [0.4, 0.5) is 0 Å². The van der Waals surface area contributed by atoms with Crippen LogP contribution in [0.5, 0.6) is 0 Å². The van der Waals surface area contributed by atoms with E-state index in [9.17, 15) is 0 Å². The van der Waals surface area contributed by atoms with Crippen LogP contribution in [-0.2, 0) is 0 Å². The van der Waals surface area contributed by atoms with Gasteiger partial charge in [-0.15, -0.1) is 0 Å². The Morgan fingerprint density at radius 2 is 2.36 bits per heavy atom. The van der Waals surface area contributed by atoms with Crippen molar-refractivity contribution >= 4 is 11.6 Å². The van der Waals surface area contributed by atoms with E-state index in [1.54, 1.807) is 0 Å². The monoisotopic (exact) mass is 173 g/mol. The van der Waals surface area contributed by atoms with E-state index in [-0.39, 0.29) is 0 Å². The first kappa shape index (κ1) is 9.08. The first-order valence-electron chi connectivity index (χ1n) is 4.25. The fourth-order valence-corrected chi connectivity index (χ4v) is 1.72. The molecule has 0 radical (unpaired) electrons. The summed E-state index contributed by atoms with van der Waals surface area (Å²) in [5.74, 6) is 0.885. The zero-order chi connectivity index (χ0) is 8.27. The number of hydrogen-bond acceptors (Lipinski definition) is 1. The van der Waals surface area contributed by atoms with Crippen molar-refractivity contribution in [2.45, 2.75) is 32.2 Å². The molecule has 0 aliphatic heterocycles. The van der Waals surface area contributed by atoms with Gasteiger partial charge in [0.05, 0.1) is 0 Å². The van der Waals surface area contributed by atoms with E-state index in [1.165, 1.54) is 19.3 Å². The number of rotatable bonds is 3. The second-order valence-electron chi connectivity index (χ2n) is 3.51. The SMILES string of the molecule is C=C(Cl)CNC1CCC(C)C1. The molecular weight excluding hydrogens is 158 g/mol. The Labute approximate surface area is 73.8 Å². The lowest BCUT2D eigenvalue weighted by Gasteiger charge is -2.10. The third kappa shape index (κ3) is 3.26. The van der Waals surface area contributed by atoms with Crippen molar-refractivity contribution < 1.29 is 0 Å². The topological polar surface area (TPSA) is 12.0 Å². The van der Waals surface area contributed by atoms with Gasteiger partial charge in [0.2, 0.25) is 0 Å². The van der Waals surface area contributed by atoms with Crippen LogP contribution >= 0.6 is 11.6 Å². The van der Waals surface area contributed by atoms with Crippen LogP contribution in [-0.4, -0.2) is 12.6 Å². The van der Waals surface area contributed by atoms with Gasteiger partial charge in [-0.05, 0) is 25.2 Å². The van der Waals surface area contributed by atoms with Gasteiger partial charge in [-0.25, -0.2) is 0 Å². The first-order chi connectivity index (χ1) is 5.18. The van der Waals surface area contributed by atoms with Crippen LogP contribution in [0.15, 0.2) is 11.6 Å². The third-order valence-corrected chi connectivity index (χ3v) is 2.41. The van der Waals surface area contributed by atoms with Crippen molar-refractivity contribution in [3.8, 4) is 0 Å². The third-order valence-electron chi connectivity index (χ3n) is 2.28. The molecule has 11 heavy (non-hydrogen) atoms. The molecule has 0 aromatic rings. The van der Waals surface area contributed by atoms with Gasteiger partial charge in [0.15, 0.2) is 0 Å². The number of nitrogens with one attached hydrogen (secondary N) is 1. The van der Waals surface area contributed by atoms with Crippen LogP contribution in [0.25, 0.3) is 0 Å². The van der Waals surface area contributed by atoms with Gasteiger partial charge in [0, 0.05) is 17.6 Å². The van der Waals surface area contributed by atoms with Crippen LogP contribution in [0.3, 0.4) is 0 Å². The maximum atomic E-state index is 5.64. The smallest absolute Gasteiger partial charge is 0.0310 e. The molecule has 2 unspecified atom stereocenters. The molecule has 1 saturated carbocycles. The Hall–Kier alpha value is -0.0100. The summed E-state index contributed by atoms with van der Waals surface area (Å²) < 4.78 is 0. The Morgan fingerprint density at radius 1 is 1.64 bits per heavy atom. The minimum absolute atomic E-state index is 0.681. The summed E-state index contributed by atoms with van der Waals surface area (Å²) in [6.07, 6.45) is 3.95. The fraction of sp³-hybridized carbons (Fsp3) is 0.778. The molecule has 1 rings (SSSR count). The summed E-state index contributed by atoms with van der Waals surface area (Å²) in [5, 5.41) is 4.09. The molecule has 0 amide bonds. The Kier molecular flexibility index (Phi) is 3.41. The largest absolute Gasteiger partial charge is 0.309 e. The lowest BCUT2D eigenvalue weighted by atomic mass is 10.1. The summed E-state index contributed by atoms with van der Waals surface area (Å²) in [5.41, 5.74) is 0. The summed E-state index contributed by atoms with van der Waals surface area (Å²) >= 11 is 5.64. The highest BCUT2D eigenvalue weighted by atomic mass is 35.5. The second-order valence-corrected chi connectivity index (χ2v) is 4.05. The maximum absolute atomic E-state index is 5.64. The summed E-state index contributed by atoms with van der Waals surface area (Å²) in [6.45, 7) is 6.70. The van der Waals surface area contributed by atoms with Crippen molar-refractivity contribution in [2.24, 2.45) is 5.92 Å². The molecule has 0 spiro atoms. The Morgan fingerprint density at radius 3 is 2.82 bits per heavy atom.